The summed E-state index contributed by atoms with van der Waals surface area (Å²) in [5.41, 5.74) is 1.38. The van der Waals surface area contributed by atoms with Crippen molar-refractivity contribution in [2.75, 3.05) is 19.6 Å². The second-order valence-electron chi connectivity index (χ2n) is 5.84. The number of carbonyl (C=O) groups is 1. The summed E-state index contributed by atoms with van der Waals surface area (Å²) in [7, 11) is 0. The van der Waals surface area contributed by atoms with E-state index in [1.807, 2.05) is 11.0 Å². The third-order valence-corrected chi connectivity index (χ3v) is 4.08. The molecule has 0 atom stereocenters. The van der Waals surface area contributed by atoms with Gasteiger partial charge in [0.25, 0.3) is 0 Å². The molecule has 2 rings (SSSR count). The predicted molar refractivity (Wildman–Crippen MR) is 82.7 cm³/mol. The summed E-state index contributed by atoms with van der Waals surface area (Å²) in [5.74, 6) is 0.768. The van der Waals surface area contributed by atoms with Crippen LogP contribution in [-0.2, 0) is 6.42 Å². The van der Waals surface area contributed by atoms with Gasteiger partial charge in [-0.05, 0) is 43.6 Å². The second kappa shape index (κ2) is 7.93. The molecule has 1 saturated heterocycles. The van der Waals surface area contributed by atoms with E-state index in [0.29, 0.717) is 0 Å². The lowest BCUT2D eigenvalue weighted by Gasteiger charge is -2.30. The first-order chi connectivity index (χ1) is 9.75. The average Bonchev–Trinajstić information content (AvgIpc) is 2.48. The van der Waals surface area contributed by atoms with Gasteiger partial charge in [-0.3, -0.25) is 0 Å². The molecule has 3 heteroatoms. The molecule has 1 aliphatic rings. The molecule has 0 saturated carbocycles. The molecule has 1 aromatic carbocycles. The number of piperidine rings is 1. The topological polar surface area (TPSA) is 32.3 Å². The van der Waals surface area contributed by atoms with Crippen molar-refractivity contribution in [3.05, 3.63) is 35.9 Å². The van der Waals surface area contributed by atoms with Crippen molar-refractivity contribution in [2.24, 2.45) is 5.92 Å². The molecule has 2 amide bonds. The van der Waals surface area contributed by atoms with Crippen LogP contribution in [0.1, 0.15) is 38.2 Å². The van der Waals surface area contributed by atoms with Gasteiger partial charge in [-0.2, -0.15) is 0 Å². The summed E-state index contributed by atoms with van der Waals surface area (Å²) in [4.78, 5) is 13.9. The standard InChI is InChI=1S/C17H26N2O/c1-15-10-13-19(14-11-15)17(20)18-12-6-5-9-16-7-3-2-4-8-16/h2-4,7-8,15H,5-6,9-14H2,1H3,(H,18,20). The van der Waals surface area contributed by atoms with E-state index in [4.69, 9.17) is 0 Å². The third kappa shape index (κ3) is 4.87. The van der Waals surface area contributed by atoms with Crippen LogP contribution in [0.15, 0.2) is 30.3 Å². The minimum Gasteiger partial charge on any atom is -0.338 e. The number of aryl methyl sites for hydroxylation is 1. The van der Waals surface area contributed by atoms with Gasteiger partial charge in [-0.15, -0.1) is 0 Å². The van der Waals surface area contributed by atoms with Gasteiger partial charge in [0.15, 0.2) is 0 Å². The Morgan fingerprint density at radius 2 is 1.90 bits per heavy atom. The van der Waals surface area contributed by atoms with Crippen molar-refractivity contribution in [1.29, 1.82) is 0 Å². The van der Waals surface area contributed by atoms with E-state index in [1.165, 1.54) is 5.56 Å². The highest BCUT2D eigenvalue weighted by Crippen LogP contribution is 2.15. The van der Waals surface area contributed by atoms with Gasteiger partial charge in [-0.25, -0.2) is 4.79 Å². The van der Waals surface area contributed by atoms with Crippen LogP contribution < -0.4 is 5.32 Å². The molecule has 0 aliphatic carbocycles. The van der Waals surface area contributed by atoms with Gasteiger partial charge < -0.3 is 10.2 Å². The first-order valence-corrected chi connectivity index (χ1v) is 7.82. The predicted octanol–water partition coefficient (Wildman–Crippen LogP) is 3.45. The van der Waals surface area contributed by atoms with Gasteiger partial charge in [0.05, 0.1) is 0 Å². The molecule has 3 nitrogen and oxygen atoms in total. The fourth-order valence-electron chi connectivity index (χ4n) is 2.62. The van der Waals surface area contributed by atoms with Crippen molar-refractivity contribution >= 4 is 6.03 Å². The number of unbranched alkanes of at least 4 members (excludes halogenated alkanes) is 1. The summed E-state index contributed by atoms with van der Waals surface area (Å²) < 4.78 is 0. The van der Waals surface area contributed by atoms with E-state index in [2.05, 4.69) is 36.5 Å². The molecule has 0 spiro atoms. The Labute approximate surface area is 122 Å². The number of nitrogens with zero attached hydrogens (tertiary/aromatic N) is 1. The van der Waals surface area contributed by atoms with Crippen LogP contribution in [0, 0.1) is 5.92 Å². The Bertz CT molecular complexity index is 397. The van der Waals surface area contributed by atoms with Crippen LogP contribution in [-0.4, -0.2) is 30.6 Å². The van der Waals surface area contributed by atoms with Crippen LogP contribution in [0.2, 0.25) is 0 Å². The van der Waals surface area contributed by atoms with E-state index in [0.717, 1.165) is 57.7 Å². The Morgan fingerprint density at radius 1 is 1.20 bits per heavy atom. The zero-order valence-electron chi connectivity index (χ0n) is 12.5. The van der Waals surface area contributed by atoms with Crippen LogP contribution in [0.25, 0.3) is 0 Å². The smallest absolute Gasteiger partial charge is 0.317 e. The van der Waals surface area contributed by atoms with Crippen LogP contribution in [0.4, 0.5) is 4.79 Å². The molecule has 1 fully saturated rings. The first kappa shape index (κ1) is 14.9. The summed E-state index contributed by atoms with van der Waals surface area (Å²) in [6.07, 6.45) is 5.55. The molecule has 20 heavy (non-hydrogen) atoms. The maximum atomic E-state index is 12.0. The summed E-state index contributed by atoms with van der Waals surface area (Å²) in [6.45, 7) is 4.88. The lowest BCUT2D eigenvalue weighted by atomic mass is 10.00. The highest BCUT2D eigenvalue weighted by Gasteiger charge is 2.19. The van der Waals surface area contributed by atoms with Crippen molar-refractivity contribution < 1.29 is 4.79 Å². The molecule has 0 radical (unpaired) electrons. The lowest BCUT2D eigenvalue weighted by Crippen LogP contribution is -2.44. The van der Waals surface area contributed by atoms with Crippen molar-refractivity contribution in [1.82, 2.24) is 10.2 Å². The second-order valence-corrected chi connectivity index (χ2v) is 5.84. The number of hydrogen-bond acceptors (Lipinski definition) is 1. The van der Waals surface area contributed by atoms with Gasteiger partial charge in [0.2, 0.25) is 0 Å². The average molecular weight is 274 g/mol. The fraction of sp³-hybridized carbons (Fsp3) is 0.588. The van der Waals surface area contributed by atoms with Crippen LogP contribution in [0.5, 0.6) is 0 Å². The molecule has 1 aliphatic heterocycles. The van der Waals surface area contributed by atoms with E-state index in [9.17, 15) is 4.79 Å². The number of amides is 2. The molecular formula is C17H26N2O. The fourth-order valence-corrected chi connectivity index (χ4v) is 2.62. The molecule has 1 aromatic rings. The monoisotopic (exact) mass is 274 g/mol. The SMILES string of the molecule is CC1CCN(C(=O)NCCCCc2ccccc2)CC1. The highest BCUT2D eigenvalue weighted by molar-refractivity contribution is 5.74. The quantitative estimate of drug-likeness (QED) is 0.819. The Balaban J connectivity index is 1.55. The minimum absolute atomic E-state index is 0.122. The van der Waals surface area contributed by atoms with E-state index < -0.39 is 0 Å². The number of urea groups is 1. The van der Waals surface area contributed by atoms with Crippen LogP contribution in [0.3, 0.4) is 0 Å². The lowest BCUT2D eigenvalue weighted by molar-refractivity contribution is 0.174. The number of nitrogens with one attached hydrogen (secondary N) is 1. The van der Waals surface area contributed by atoms with E-state index >= 15 is 0 Å². The number of benzene rings is 1. The normalized spacial score (nSPS) is 16.1. The van der Waals surface area contributed by atoms with Crippen molar-refractivity contribution in [3.63, 3.8) is 0 Å². The number of rotatable bonds is 5. The summed E-state index contributed by atoms with van der Waals surface area (Å²) in [6, 6.07) is 10.6. The maximum absolute atomic E-state index is 12.0. The zero-order valence-corrected chi connectivity index (χ0v) is 12.5. The molecular weight excluding hydrogens is 248 g/mol. The first-order valence-electron chi connectivity index (χ1n) is 7.82. The highest BCUT2D eigenvalue weighted by atomic mass is 16.2. The summed E-state index contributed by atoms with van der Waals surface area (Å²) in [5, 5.41) is 3.04. The molecule has 1 N–H and O–H groups in total. The Hall–Kier alpha value is -1.51. The van der Waals surface area contributed by atoms with Gasteiger partial charge in [-0.1, -0.05) is 37.3 Å². The molecule has 0 aromatic heterocycles. The number of hydrogen-bond donors (Lipinski definition) is 1. The molecule has 0 unspecified atom stereocenters. The largest absolute Gasteiger partial charge is 0.338 e. The van der Waals surface area contributed by atoms with E-state index in [-0.39, 0.29) is 6.03 Å². The zero-order chi connectivity index (χ0) is 14.2. The number of likely N-dealkylation sites (tertiary alicyclic amines) is 1. The molecule has 110 valence electrons. The van der Waals surface area contributed by atoms with Crippen molar-refractivity contribution in [2.45, 2.75) is 39.0 Å². The molecule has 0 bridgehead atoms. The maximum Gasteiger partial charge on any atom is 0.317 e. The number of carbonyl (C=O) groups excluding carboxylic acids is 1. The van der Waals surface area contributed by atoms with E-state index in [1.54, 1.807) is 0 Å². The van der Waals surface area contributed by atoms with Gasteiger partial charge in [0.1, 0.15) is 0 Å². The van der Waals surface area contributed by atoms with Gasteiger partial charge in [0, 0.05) is 19.6 Å². The Morgan fingerprint density at radius 3 is 2.60 bits per heavy atom. The van der Waals surface area contributed by atoms with Crippen LogP contribution >= 0.6 is 0 Å². The third-order valence-electron chi connectivity index (χ3n) is 4.08. The minimum atomic E-state index is 0.122. The molecule has 1 heterocycles. The Kier molecular flexibility index (Phi) is 5.90. The summed E-state index contributed by atoms with van der Waals surface area (Å²) >= 11 is 0. The van der Waals surface area contributed by atoms with Crippen molar-refractivity contribution in [3.8, 4) is 0 Å². The van der Waals surface area contributed by atoms with Gasteiger partial charge >= 0.3 is 6.03 Å².